The molecule has 3 rings (SSSR count). The first-order valence-electron chi connectivity index (χ1n) is 8.01. The summed E-state index contributed by atoms with van der Waals surface area (Å²) in [5.41, 5.74) is 0.976. The molecule has 8 heteroatoms. The first kappa shape index (κ1) is 18.1. The molecule has 1 aromatic heterocycles. The van der Waals surface area contributed by atoms with Gasteiger partial charge in [0.25, 0.3) is 5.56 Å². The molecule has 0 bridgehead atoms. The van der Waals surface area contributed by atoms with Crippen LogP contribution >= 0.6 is 0 Å². The second-order valence-electron chi connectivity index (χ2n) is 6.22. The lowest BCUT2D eigenvalue weighted by Gasteiger charge is -2.25. The predicted octanol–water partition coefficient (Wildman–Crippen LogP) is 1.91. The third kappa shape index (κ3) is 3.21. The summed E-state index contributed by atoms with van der Waals surface area (Å²) in [6, 6.07) is 11.3. The molecule has 136 valence electrons. The zero-order chi connectivity index (χ0) is 19.1. The Balaban J connectivity index is 2.04. The van der Waals surface area contributed by atoms with Crippen molar-refractivity contribution in [1.29, 1.82) is 0 Å². The Morgan fingerprint density at radius 1 is 1.00 bits per heavy atom. The number of hydrogen-bond donors (Lipinski definition) is 2. The second-order valence-corrected chi connectivity index (χ2v) is 8.22. The Labute approximate surface area is 150 Å². The van der Waals surface area contributed by atoms with Crippen molar-refractivity contribution < 1.29 is 8.42 Å². The van der Waals surface area contributed by atoms with Gasteiger partial charge in [0.1, 0.15) is 0 Å². The highest BCUT2D eigenvalue weighted by Crippen LogP contribution is 2.26. The van der Waals surface area contributed by atoms with Crippen molar-refractivity contribution in [3.8, 4) is 0 Å². The number of nitrogens with one attached hydrogen (secondary N) is 2. The molecule has 0 radical (unpaired) electrons. The molecular weight excluding hydrogens is 354 g/mol. The molecule has 0 spiro atoms. The van der Waals surface area contributed by atoms with Gasteiger partial charge in [-0.15, -0.1) is 0 Å². The van der Waals surface area contributed by atoms with Crippen LogP contribution in [0, 0.1) is 6.92 Å². The molecule has 7 nitrogen and oxygen atoms in total. The highest BCUT2D eigenvalue weighted by molar-refractivity contribution is 7.89. The number of rotatable bonds is 4. The number of aromatic amines is 2. The fraction of sp³-hybridized carbons (Fsp3) is 0.222. The maximum atomic E-state index is 13.0. The number of aromatic nitrogens is 2. The zero-order valence-electron chi connectivity index (χ0n) is 14.6. The van der Waals surface area contributed by atoms with E-state index in [9.17, 15) is 18.0 Å². The molecule has 1 unspecified atom stereocenters. The average Bonchev–Trinajstić information content (AvgIpc) is 2.60. The topological polar surface area (TPSA) is 103 Å². The van der Waals surface area contributed by atoms with E-state index in [2.05, 4.69) is 9.97 Å². The van der Waals surface area contributed by atoms with Crippen molar-refractivity contribution in [3.63, 3.8) is 0 Å². The number of sulfonamides is 1. The minimum atomic E-state index is -3.83. The van der Waals surface area contributed by atoms with E-state index in [-0.39, 0.29) is 21.8 Å². The number of aryl methyl sites for hydroxylation is 1. The summed E-state index contributed by atoms with van der Waals surface area (Å²) in [5, 5.41) is 0.113. The SMILES string of the molecule is Cc1ccc(C(C)N(C)S(=O)(=O)c2ccc3[nH]c(=O)[nH]c(=O)c3c2)cc1. The quantitative estimate of drug-likeness (QED) is 0.729. The summed E-state index contributed by atoms with van der Waals surface area (Å²) in [6.45, 7) is 3.76. The van der Waals surface area contributed by atoms with E-state index in [0.717, 1.165) is 11.1 Å². The minimum Gasteiger partial charge on any atom is -0.307 e. The fourth-order valence-electron chi connectivity index (χ4n) is 2.73. The molecule has 0 aliphatic rings. The summed E-state index contributed by atoms with van der Waals surface area (Å²) in [5.74, 6) is 0. The van der Waals surface area contributed by atoms with E-state index in [1.165, 1.54) is 29.6 Å². The maximum absolute atomic E-state index is 13.0. The molecule has 2 N–H and O–H groups in total. The molecule has 1 atom stereocenters. The highest BCUT2D eigenvalue weighted by Gasteiger charge is 2.26. The molecule has 26 heavy (non-hydrogen) atoms. The Morgan fingerprint density at radius 2 is 1.65 bits per heavy atom. The van der Waals surface area contributed by atoms with Crippen LogP contribution in [0.5, 0.6) is 0 Å². The molecule has 0 saturated heterocycles. The smallest absolute Gasteiger partial charge is 0.307 e. The van der Waals surface area contributed by atoms with Crippen LogP contribution in [0.15, 0.2) is 56.9 Å². The van der Waals surface area contributed by atoms with Crippen LogP contribution in [0.2, 0.25) is 0 Å². The Kier molecular flexibility index (Phi) is 4.55. The van der Waals surface area contributed by atoms with Crippen LogP contribution in [0.4, 0.5) is 0 Å². The standard InChI is InChI=1S/C18H19N3O4S/c1-11-4-6-13(7-5-11)12(2)21(3)26(24,25)14-8-9-16-15(10-14)17(22)20-18(23)19-16/h4-10,12H,1-3H3,(H2,19,20,22,23). The van der Waals surface area contributed by atoms with Crippen LogP contribution in [0.3, 0.4) is 0 Å². The second kappa shape index (κ2) is 6.54. The minimum absolute atomic E-state index is 0.0102. The highest BCUT2D eigenvalue weighted by atomic mass is 32.2. The van der Waals surface area contributed by atoms with Crippen molar-refractivity contribution in [2.45, 2.75) is 24.8 Å². The van der Waals surface area contributed by atoms with Crippen LogP contribution in [-0.4, -0.2) is 29.7 Å². The lowest BCUT2D eigenvalue weighted by molar-refractivity contribution is 0.398. The summed E-state index contributed by atoms with van der Waals surface area (Å²) in [7, 11) is -2.33. The Hall–Kier alpha value is -2.71. The number of nitrogens with zero attached hydrogens (tertiary/aromatic N) is 1. The third-order valence-electron chi connectivity index (χ3n) is 4.49. The van der Waals surface area contributed by atoms with Gasteiger partial charge in [-0.25, -0.2) is 13.2 Å². The van der Waals surface area contributed by atoms with Gasteiger partial charge in [0, 0.05) is 13.1 Å². The molecule has 0 aliphatic heterocycles. The molecule has 0 aliphatic carbocycles. The largest absolute Gasteiger partial charge is 0.326 e. The van der Waals surface area contributed by atoms with Gasteiger partial charge in [0.2, 0.25) is 10.0 Å². The molecule has 3 aromatic rings. The van der Waals surface area contributed by atoms with E-state index in [1.807, 2.05) is 31.2 Å². The predicted molar refractivity (Wildman–Crippen MR) is 99.7 cm³/mol. The van der Waals surface area contributed by atoms with E-state index >= 15 is 0 Å². The fourth-order valence-corrected chi connectivity index (χ4v) is 4.11. The van der Waals surface area contributed by atoms with Gasteiger partial charge in [-0.2, -0.15) is 4.31 Å². The summed E-state index contributed by atoms with van der Waals surface area (Å²) < 4.78 is 27.2. The van der Waals surface area contributed by atoms with Gasteiger partial charge in [-0.1, -0.05) is 29.8 Å². The lowest BCUT2D eigenvalue weighted by atomic mass is 10.1. The van der Waals surface area contributed by atoms with Crippen LogP contribution < -0.4 is 11.2 Å². The first-order chi connectivity index (χ1) is 12.2. The molecular formula is C18H19N3O4S. The van der Waals surface area contributed by atoms with E-state index in [0.29, 0.717) is 0 Å². The van der Waals surface area contributed by atoms with Crippen molar-refractivity contribution >= 4 is 20.9 Å². The molecule has 0 fully saturated rings. The molecule has 0 saturated carbocycles. The number of fused-ring (bicyclic) bond motifs is 1. The first-order valence-corrected chi connectivity index (χ1v) is 9.45. The summed E-state index contributed by atoms with van der Waals surface area (Å²) in [4.78, 5) is 27.8. The maximum Gasteiger partial charge on any atom is 0.326 e. The van der Waals surface area contributed by atoms with Gasteiger partial charge in [0.15, 0.2) is 0 Å². The van der Waals surface area contributed by atoms with Gasteiger partial charge < -0.3 is 4.98 Å². The lowest BCUT2D eigenvalue weighted by Crippen LogP contribution is -2.30. The van der Waals surface area contributed by atoms with E-state index in [1.54, 1.807) is 6.92 Å². The van der Waals surface area contributed by atoms with Gasteiger partial charge >= 0.3 is 5.69 Å². The Bertz CT molecular complexity index is 1180. The molecule has 0 amide bonds. The number of hydrogen-bond acceptors (Lipinski definition) is 4. The van der Waals surface area contributed by atoms with Crippen LogP contribution in [0.25, 0.3) is 10.9 Å². The number of benzene rings is 2. The van der Waals surface area contributed by atoms with Gasteiger partial charge in [-0.3, -0.25) is 9.78 Å². The van der Waals surface area contributed by atoms with Crippen molar-refractivity contribution in [2.24, 2.45) is 0 Å². The van der Waals surface area contributed by atoms with Gasteiger partial charge in [-0.05, 0) is 37.6 Å². The van der Waals surface area contributed by atoms with E-state index in [4.69, 9.17) is 0 Å². The summed E-state index contributed by atoms with van der Waals surface area (Å²) in [6.07, 6.45) is 0. The molecule has 2 aromatic carbocycles. The average molecular weight is 373 g/mol. The molecule has 1 heterocycles. The Morgan fingerprint density at radius 3 is 2.31 bits per heavy atom. The van der Waals surface area contributed by atoms with Gasteiger partial charge in [0.05, 0.1) is 15.8 Å². The number of H-pyrrole nitrogens is 2. The zero-order valence-corrected chi connectivity index (χ0v) is 15.4. The van der Waals surface area contributed by atoms with Crippen LogP contribution in [0.1, 0.15) is 24.1 Å². The van der Waals surface area contributed by atoms with Crippen molar-refractivity contribution in [3.05, 3.63) is 74.4 Å². The van der Waals surface area contributed by atoms with Crippen molar-refractivity contribution in [1.82, 2.24) is 14.3 Å². The van der Waals surface area contributed by atoms with E-state index < -0.39 is 21.3 Å². The van der Waals surface area contributed by atoms with Crippen LogP contribution in [-0.2, 0) is 10.0 Å². The van der Waals surface area contributed by atoms with Crippen molar-refractivity contribution in [2.75, 3.05) is 7.05 Å². The monoisotopic (exact) mass is 373 g/mol. The normalized spacial score (nSPS) is 13.2. The third-order valence-corrected chi connectivity index (χ3v) is 6.42. The summed E-state index contributed by atoms with van der Waals surface area (Å²) >= 11 is 0.